The van der Waals surface area contributed by atoms with Gasteiger partial charge in [-0.2, -0.15) is 0 Å². The van der Waals surface area contributed by atoms with E-state index in [1.54, 1.807) is 23.1 Å². The lowest BCUT2D eigenvalue weighted by atomic mass is 10.3. The molecular formula is C13H17NO2S2. The maximum absolute atomic E-state index is 9.46. The molecule has 0 saturated heterocycles. The maximum Gasteiger partial charge on any atom is 0.236 e. The molecule has 0 spiro atoms. The van der Waals surface area contributed by atoms with Crippen molar-refractivity contribution in [3.05, 3.63) is 29.0 Å². The summed E-state index contributed by atoms with van der Waals surface area (Å²) in [5.41, 5.74) is 0.968. The molecule has 2 rings (SSSR count). The predicted octanol–water partition coefficient (Wildman–Crippen LogP) is 3.71. The Bertz CT molecular complexity index is 491. The molecule has 18 heavy (non-hydrogen) atoms. The molecule has 0 aliphatic carbocycles. The van der Waals surface area contributed by atoms with E-state index in [0.717, 1.165) is 22.1 Å². The first kappa shape index (κ1) is 13.6. The first-order valence-corrected chi connectivity index (χ1v) is 7.80. The summed E-state index contributed by atoms with van der Waals surface area (Å²) >= 11 is 3.32. The van der Waals surface area contributed by atoms with Gasteiger partial charge in [0.15, 0.2) is 0 Å². The van der Waals surface area contributed by atoms with Gasteiger partial charge in [0, 0.05) is 11.0 Å². The summed E-state index contributed by atoms with van der Waals surface area (Å²) in [6, 6.07) is 3.99. The van der Waals surface area contributed by atoms with Crippen molar-refractivity contribution in [3.63, 3.8) is 0 Å². The van der Waals surface area contributed by atoms with Crippen molar-refractivity contribution in [2.45, 2.75) is 37.9 Å². The number of aryl methyl sites for hydroxylation is 1. The third-order valence-corrected chi connectivity index (χ3v) is 5.00. The van der Waals surface area contributed by atoms with E-state index in [9.17, 15) is 5.11 Å². The van der Waals surface area contributed by atoms with Crippen LogP contribution in [-0.2, 0) is 5.75 Å². The average molecular weight is 283 g/mol. The van der Waals surface area contributed by atoms with E-state index in [1.807, 2.05) is 38.3 Å². The number of rotatable bonds is 5. The molecule has 2 aromatic rings. The predicted molar refractivity (Wildman–Crippen MR) is 77.0 cm³/mol. The summed E-state index contributed by atoms with van der Waals surface area (Å²) in [5.74, 6) is 2.33. The molecule has 0 unspecified atom stereocenters. The minimum absolute atomic E-state index is 0.200. The number of thioether (sulfide) groups is 1. The van der Waals surface area contributed by atoms with Gasteiger partial charge in [-0.15, -0.1) is 23.1 Å². The number of aromatic nitrogens is 1. The average Bonchev–Trinajstić information content (AvgIpc) is 2.94. The van der Waals surface area contributed by atoms with E-state index in [-0.39, 0.29) is 11.4 Å². The van der Waals surface area contributed by atoms with Crippen molar-refractivity contribution in [3.8, 4) is 10.8 Å². The summed E-state index contributed by atoms with van der Waals surface area (Å²) in [5, 5.41) is 11.7. The lowest BCUT2D eigenvalue weighted by Gasteiger charge is -2.12. The van der Waals surface area contributed by atoms with Crippen LogP contribution in [-0.4, -0.2) is 21.4 Å². The highest BCUT2D eigenvalue weighted by Crippen LogP contribution is 2.28. The van der Waals surface area contributed by atoms with Crippen molar-refractivity contribution in [1.82, 2.24) is 4.98 Å². The van der Waals surface area contributed by atoms with Crippen LogP contribution in [0.2, 0.25) is 0 Å². The number of oxazole rings is 1. The molecule has 0 amide bonds. The second-order valence-corrected chi connectivity index (χ2v) is 6.57. The summed E-state index contributed by atoms with van der Waals surface area (Å²) in [4.78, 5) is 5.58. The molecule has 2 aromatic heterocycles. The minimum atomic E-state index is -0.307. The summed E-state index contributed by atoms with van der Waals surface area (Å²) in [6.07, 6.45) is -0.307. The van der Waals surface area contributed by atoms with Gasteiger partial charge in [-0.1, -0.05) is 13.0 Å². The number of thiophene rings is 1. The van der Waals surface area contributed by atoms with E-state index in [4.69, 9.17) is 4.42 Å². The lowest BCUT2D eigenvalue weighted by Crippen LogP contribution is -2.15. The molecule has 0 aromatic carbocycles. The van der Waals surface area contributed by atoms with Gasteiger partial charge in [0.25, 0.3) is 0 Å². The smallest absolute Gasteiger partial charge is 0.236 e. The van der Waals surface area contributed by atoms with Crippen LogP contribution in [0, 0.1) is 6.92 Å². The Morgan fingerprint density at radius 2 is 2.28 bits per heavy atom. The fraction of sp³-hybridized carbons (Fsp3) is 0.462. The lowest BCUT2D eigenvalue weighted by molar-refractivity contribution is 0.196. The monoisotopic (exact) mass is 283 g/mol. The van der Waals surface area contributed by atoms with Crippen LogP contribution in [0.4, 0.5) is 0 Å². The Kier molecular flexibility index (Phi) is 4.48. The topological polar surface area (TPSA) is 46.3 Å². The number of aliphatic hydroxyl groups is 1. The zero-order valence-corrected chi connectivity index (χ0v) is 12.3. The summed E-state index contributed by atoms with van der Waals surface area (Å²) in [6.45, 7) is 5.77. The molecule has 98 valence electrons. The minimum Gasteiger partial charge on any atom is -0.440 e. The largest absolute Gasteiger partial charge is 0.440 e. The van der Waals surface area contributed by atoms with Gasteiger partial charge in [-0.25, -0.2) is 4.98 Å². The van der Waals surface area contributed by atoms with Crippen LogP contribution in [0.5, 0.6) is 0 Å². The standard InChI is InChI=1S/C13H17NO2S2/c1-8(15)10(3)18-7-11-9(2)16-13(14-11)12-5-4-6-17-12/h4-6,8,10,15H,7H2,1-3H3/t8-,10-/m0/s1. The van der Waals surface area contributed by atoms with Crippen LogP contribution < -0.4 is 0 Å². The van der Waals surface area contributed by atoms with Crippen LogP contribution in [0.1, 0.15) is 25.3 Å². The van der Waals surface area contributed by atoms with Crippen molar-refractivity contribution in [1.29, 1.82) is 0 Å². The van der Waals surface area contributed by atoms with Gasteiger partial charge in [0.2, 0.25) is 5.89 Å². The Labute approximate surface area is 115 Å². The zero-order valence-electron chi connectivity index (χ0n) is 10.7. The fourth-order valence-electron chi connectivity index (χ4n) is 1.42. The van der Waals surface area contributed by atoms with E-state index in [2.05, 4.69) is 4.98 Å². The Morgan fingerprint density at radius 1 is 1.50 bits per heavy atom. The molecule has 0 radical (unpaired) electrons. The van der Waals surface area contributed by atoms with Crippen LogP contribution in [0.3, 0.4) is 0 Å². The fourth-order valence-corrected chi connectivity index (χ4v) is 3.03. The van der Waals surface area contributed by atoms with Crippen LogP contribution in [0.25, 0.3) is 10.8 Å². The summed E-state index contributed by atoms with van der Waals surface area (Å²) < 4.78 is 5.68. The van der Waals surface area contributed by atoms with E-state index >= 15 is 0 Å². The molecule has 0 aliphatic heterocycles. The van der Waals surface area contributed by atoms with Crippen LogP contribution >= 0.6 is 23.1 Å². The quantitative estimate of drug-likeness (QED) is 0.908. The summed E-state index contributed by atoms with van der Waals surface area (Å²) in [7, 11) is 0. The molecule has 2 heterocycles. The van der Waals surface area contributed by atoms with Gasteiger partial charge in [0.1, 0.15) is 5.76 Å². The normalized spacial score (nSPS) is 14.7. The van der Waals surface area contributed by atoms with Gasteiger partial charge in [0.05, 0.1) is 16.7 Å². The van der Waals surface area contributed by atoms with Gasteiger partial charge < -0.3 is 9.52 Å². The first-order valence-electron chi connectivity index (χ1n) is 5.87. The first-order chi connectivity index (χ1) is 8.58. The highest BCUT2D eigenvalue weighted by molar-refractivity contribution is 7.99. The van der Waals surface area contributed by atoms with E-state index < -0.39 is 0 Å². The molecule has 3 nitrogen and oxygen atoms in total. The second-order valence-electron chi connectivity index (χ2n) is 4.26. The number of hydrogen-bond acceptors (Lipinski definition) is 5. The Morgan fingerprint density at radius 3 is 2.89 bits per heavy atom. The van der Waals surface area contributed by atoms with Crippen molar-refractivity contribution < 1.29 is 9.52 Å². The molecule has 0 saturated carbocycles. The van der Waals surface area contributed by atoms with Gasteiger partial charge >= 0.3 is 0 Å². The molecule has 0 bridgehead atoms. The maximum atomic E-state index is 9.46. The molecule has 0 aliphatic rings. The molecule has 5 heteroatoms. The Hall–Kier alpha value is -0.780. The number of nitrogens with zero attached hydrogens (tertiary/aromatic N) is 1. The highest BCUT2D eigenvalue weighted by Gasteiger charge is 2.15. The number of hydrogen-bond donors (Lipinski definition) is 1. The van der Waals surface area contributed by atoms with Crippen molar-refractivity contribution in [2.75, 3.05) is 0 Å². The second kappa shape index (κ2) is 5.91. The van der Waals surface area contributed by atoms with Crippen LogP contribution in [0.15, 0.2) is 21.9 Å². The van der Waals surface area contributed by atoms with E-state index in [0.29, 0.717) is 5.89 Å². The number of aliphatic hydroxyl groups excluding tert-OH is 1. The van der Waals surface area contributed by atoms with Crippen molar-refractivity contribution >= 4 is 23.1 Å². The third-order valence-electron chi connectivity index (χ3n) is 2.79. The molecule has 0 fully saturated rings. The zero-order chi connectivity index (χ0) is 13.1. The van der Waals surface area contributed by atoms with Crippen molar-refractivity contribution in [2.24, 2.45) is 0 Å². The molecule has 2 atom stereocenters. The molecular weight excluding hydrogens is 266 g/mol. The van der Waals surface area contributed by atoms with E-state index in [1.165, 1.54) is 0 Å². The SMILES string of the molecule is Cc1oc(-c2cccs2)nc1CS[C@@H](C)[C@H](C)O. The van der Waals surface area contributed by atoms with Gasteiger partial charge in [-0.3, -0.25) is 0 Å². The van der Waals surface area contributed by atoms with Gasteiger partial charge in [-0.05, 0) is 25.3 Å². The molecule has 1 N–H and O–H groups in total. The highest BCUT2D eigenvalue weighted by atomic mass is 32.2. The third kappa shape index (κ3) is 3.16. The Balaban J connectivity index is 2.06.